The molecule has 7 nitrogen and oxygen atoms in total. The second-order valence-corrected chi connectivity index (χ2v) is 6.31. The molecule has 0 spiro atoms. The molecule has 0 aliphatic heterocycles. The van der Waals surface area contributed by atoms with Gasteiger partial charge in [0, 0.05) is 19.3 Å². The Balaban J connectivity index is 2.71. The fourth-order valence-corrected chi connectivity index (χ4v) is 2.34. The first kappa shape index (κ1) is 17.1. The van der Waals surface area contributed by atoms with Crippen LogP contribution in [0.5, 0.6) is 0 Å². The predicted molar refractivity (Wildman–Crippen MR) is 78.1 cm³/mol. The number of nitrogens with one attached hydrogen (secondary N) is 1. The lowest BCUT2D eigenvalue weighted by Crippen LogP contribution is -2.39. The van der Waals surface area contributed by atoms with E-state index in [1.807, 2.05) is 6.07 Å². The van der Waals surface area contributed by atoms with Crippen molar-refractivity contribution in [2.24, 2.45) is 0 Å². The molecule has 0 saturated carbocycles. The van der Waals surface area contributed by atoms with Gasteiger partial charge in [-0.1, -0.05) is 6.07 Å². The van der Waals surface area contributed by atoms with Gasteiger partial charge in [-0.2, -0.15) is 9.57 Å². The predicted octanol–water partition coefficient (Wildman–Crippen LogP) is 0.405. The van der Waals surface area contributed by atoms with Gasteiger partial charge in [0.1, 0.15) is 0 Å². The summed E-state index contributed by atoms with van der Waals surface area (Å²) in [6, 6.07) is 8.34. The third-order valence-corrected chi connectivity index (χ3v) is 3.86. The zero-order valence-electron chi connectivity index (χ0n) is 11.9. The summed E-state index contributed by atoms with van der Waals surface area (Å²) in [5.74, 6) is -0.480. The number of nitrogens with zero attached hydrogens (tertiary/aromatic N) is 2. The van der Waals surface area contributed by atoms with Crippen LogP contribution in [0.25, 0.3) is 0 Å². The summed E-state index contributed by atoms with van der Waals surface area (Å²) >= 11 is 0. The molecule has 1 aromatic carbocycles. The van der Waals surface area contributed by atoms with E-state index in [-0.39, 0.29) is 19.7 Å². The van der Waals surface area contributed by atoms with Crippen LogP contribution in [0.2, 0.25) is 0 Å². The van der Waals surface area contributed by atoms with Crippen LogP contribution in [0.3, 0.4) is 0 Å². The minimum absolute atomic E-state index is 0.0982. The van der Waals surface area contributed by atoms with Crippen molar-refractivity contribution in [1.82, 2.24) is 4.31 Å². The van der Waals surface area contributed by atoms with E-state index in [0.29, 0.717) is 11.3 Å². The molecule has 0 atom stereocenters. The van der Waals surface area contributed by atoms with Crippen LogP contribution in [0.1, 0.15) is 5.56 Å². The summed E-state index contributed by atoms with van der Waals surface area (Å²) < 4.78 is 29.0. The van der Waals surface area contributed by atoms with E-state index in [9.17, 15) is 13.2 Å². The first-order chi connectivity index (χ1) is 9.86. The highest BCUT2D eigenvalue weighted by molar-refractivity contribution is 7.88. The van der Waals surface area contributed by atoms with Gasteiger partial charge in [-0.05, 0) is 18.2 Å². The number of ether oxygens (including phenoxy) is 1. The van der Waals surface area contributed by atoms with Crippen molar-refractivity contribution < 1.29 is 17.9 Å². The van der Waals surface area contributed by atoms with Gasteiger partial charge in [-0.3, -0.25) is 4.79 Å². The Labute approximate surface area is 124 Å². The zero-order chi connectivity index (χ0) is 15.9. The molecule has 21 heavy (non-hydrogen) atoms. The molecule has 0 bridgehead atoms. The molecule has 0 radical (unpaired) electrons. The molecule has 114 valence electrons. The van der Waals surface area contributed by atoms with E-state index in [0.717, 1.165) is 10.6 Å². The maximum absolute atomic E-state index is 11.9. The lowest BCUT2D eigenvalue weighted by molar-refractivity contribution is -0.116. The summed E-state index contributed by atoms with van der Waals surface area (Å²) in [5, 5.41) is 11.3. The standard InChI is InChI=1S/C13H17N3O4S/c1-20-7-6-16(21(2,18)19)10-13(17)15-12-5-3-4-11(8-12)9-14/h3-5,8H,6-7,10H2,1-2H3,(H,15,17). The molecule has 0 saturated heterocycles. The number of rotatable bonds is 7. The zero-order valence-corrected chi connectivity index (χ0v) is 12.7. The minimum Gasteiger partial charge on any atom is -0.383 e. The van der Waals surface area contributed by atoms with Gasteiger partial charge in [-0.15, -0.1) is 0 Å². The molecule has 0 aromatic heterocycles. The molecule has 0 aliphatic carbocycles. The summed E-state index contributed by atoms with van der Waals surface area (Å²) in [5.41, 5.74) is 0.853. The number of carbonyl (C=O) groups excluding carboxylic acids is 1. The van der Waals surface area contributed by atoms with Crippen molar-refractivity contribution in [3.8, 4) is 6.07 Å². The van der Waals surface area contributed by atoms with Crippen molar-refractivity contribution in [1.29, 1.82) is 5.26 Å². The van der Waals surface area contributed by atoms with Crippen molar-refractivity contribution in [3.63, 3.8) is 0 Å². The van der Waals surface area contributed by atoms with Gasteiger partial charge >= 0.3 is 0 Å². The lowest BCUT2D eigenvalue weighted by Gasteiger charge is -2.18. The van der Waals surface area contributed by atoms with Gasteiger partial charge in [0.2, 0.25) is 15.9 Å². The van der Waals surface area contributed by atoms with Crippen molar-refractivity contribution in [2.75, 3.05) is 38.4 Å². The van der Waals surface area contributed by atoms with E-state index in [1.54, 1.807) is 18.2 Å². The highest BCUT2D eigenvalue weighted by atomic mass is 32.2. The van der Waals surface area contributed by atoms with E-state index in [1.165, 1.54) is 13.2 Å². The second-order valence-electron chi connectivity index (χ2n) is 4.33. The lowest BCUT2D eigenvalue weighted by atomic mass is 10.2. The topological polar surface area (TPSA) is 99.5 Å². The molecule has 0 aliphatic rings. The Kier molecular flexibility index (Phi) is 6.30. The van der Waals surface area contributed by atoms with Gasteiger partial charge in [0.05, 0.1) is 31.0 Å². The van der Waals surface area contributed by atoms with Crippen LogP contribution in [0.15, 0.2) is 24.3 Å². The Morgan fingerprint density at radius 1 is 1.48 bits per heavy atom. The molecule has 1 aromatic rings. The second kappa shape index (κ2) is 7.73. The summed E-state index contributed by atoms with van der Waals surface area (Å²) in [6.07, 6.45) is 1.03. The van der Waals surface area contributed by atoms with E-state index < -0.39 is 15.9 Å². The Bertz CT molecular complexity index is 637. The Morgan fingerprint density at radius 2 is 2.19 bits per heavy atom. The van der Waals surface area contributed by atoms with Crippen molar-refractivity contribution in [3.05, 3.63) is 29.8 Å². The largest absolute Gasteiger partial charge is 0.383 e. The van der Waals surface area contributed by atoms with Gasteiger partial charge < -0.3 is 10.1 Å². The molecule has 1 N–H and O–H groups in total. The van der Waals surface area contributed by atoms with Crippen molar-refractivity contribution >= 4 is 21.6 Å². The molecule has 1 amide bonds. The molecule has 8 heteroatoms. The number of anilines is 1. The van der Waals surface area contributed by atoms with Crippen LogP contribution >= 0.6 is 0 Å². The Morgan fingerprint density at radius 3 is 2.76 bits per heavy atom. The number of amides is 1. The molecular weight excluding hydrogens is 294 g/mol. The van der Waals surface area contributed by atoms with Crippen molar-refractivity contribution in [2.45, 2.75) is 0 Å². The first-order valence-corrected chi connectivity index (χ1v) is 7.95. The van der Waals surface area contributed by atoms with E-state index in [4.69, 9.17) is 10.00 Å². The molecule has 0 heterocycles. The Hall–Kier alpha value is -1.95. The number of nitriles is 1. The maximum atomic E-state index is 11.9. The maximum Gasteiger partial charge on any atom is 0.239 e. The number of hydrogen-bond acceptors (Lipinski definition) is 5. The van der Waals surface area contributed by atoms with Crippen LogP contribution in [0, 0.1) is 11.3 Å². The summed E-state index contributed by atoms with van der Waals surface area (Å²) in [7, 11) is -2.04. The fourth-order valence-electron chi connectivity index (χ4n) is 1.58. The third-order valence-electron chi connectivity index (χ3n) is 2.61. The van der Waals surface area contributed by atoms with Crippen LogP contribution in [0.4, 0.5) is 5.69 Å². The van der Waals surface area contributed by atoms with Gasteiger partial charge in [-0.25, -0.2) is 8.42 Å². The van der Waals surface area contributed by atoms with Gasteiger partial charge in [0.25, 0.3) is 0 Å². The highest BCUT2D eigenvalue weighted by Crippen LogP contribution is 2.10. The average Bonchev–Trinajstić information content (AvgIpc) is 2.42. The summed E-state index contributed by atoms with van der Waals surface area (Å²) in [6.45, 7) is -0.00969. The average molecular weight is 311 g/mol. The fraction of sp³-hybridized carbons (Fsp3) is 0.385. The number of hydrogen-bond donors (Lipinski definition) is 1. The van der Waals surface area contributed by atoms with E-state index >= 15 is 0 Å². The van der Waals surface area contributed by atoms with Crippen LogP contribution in [-0.2, 0) is 19.6 Å². The van der Waals surface area contributed by atoms with Gasteiger partial charge in [0.15, 0.2) is 0 Å². The monoisotopic (exact) mass is 311 g/mol. The number of sulfonamides is 1. The first-order valence-electron chi connectivity index (χ1n) is 6.11. The van der Waals surface area contributed by atoms with Crippen LogP contribution < -0.4 is 5.32 Å². The van der Waals surface area contributed by atoms with E-state index in [2.05, 4.69) is 5.32 Å². The summed E-state index contributed by atoms with van der Waals surface area (Å²) in [4.78, 5) is 11.9. The smallest absolute Gasteiger partial charge is 0.239 e. The highest BCUT2D eigenvalue weighted by Gasteiger charge is 2.19. The number of methoxy groups -OCH3 is 1. The molecule has 0 unspecified atom stereocenters. The molecule has 1 rings (SSSR count). The third kappa shape index (κ3) is 5.91. The SMILES string of the molecule is COCCN(CC(=O)Nc1cccc(C#N)c1)S(C)(=O)=O. The quantitative estimate of drug-likeness (QED) is 0.786. The number of carbonyl (C=O) groups is 1. The van der Waals surface area contributed by atoms with Crippen LogP contribution in [-0.4, -0.2) is 51.7 Å². The molecule has 0 fully saturated rings. The molecular formula is C13H17N3O4S. The normalized spacial score (nSPS) is 11.1. The number of benzene rings is 1. The minimum atomic E-state index is -3.50.